The number of likely N-dealkylation sites (tertiary alicyclic amines) is 1. The summed E-state index contributed by atoms with van der Waals surface area (Å²) in [5.41, 5.74) is -0.387. The molecule has 2 unspecified atom stereocenters. The average Bonchev–Trinajstić information content (AvgIpc) is 2.95. The number of carbonyl (C=O) groups is 2. The molecule has 2 fully saturated rings. The van der Waals surface area contributed by atoms with E-state index >= 15 is 0 Å². The molecule has 2 aliphatic heterocycles. The van der Waals surface area contributed by atoms with E-state index in [0.717, 1.165) is 38.9 Å². The Morgan fingerprint density at radius 3 is 2.89 bits per heavy atom. The predicted octanol–water partition coefficient (Wildman–Crippen LogP) is 0.842. The van der Waals surface area contributed by atoms with E-state index < -0.39 is 5.97 Å². The Kier molecular flexibility index (Phi) is 3.90. The Balaban J connectivity index is 1.84. The molecule has 0 aromatic rings. The molecular formula is C13H22N2O3. The van der Waals surface area contributed by atoms with Crippen LogP contribution in [-0.2, 0) is 9.59 Å². The minimum Gasteiger partial charge on any atom is -0.481 e. The van der Waals surface area contributed by atoms with E-state index in [4.69, 9.17) is 5.11 Å². The van der Waals surface area contributed by atoms with Crippen molar-refractivity contribution in [1.82, 2.24) is 10.2 Å². The van der Waals surface area contributed by atoms with Crippen LogP contribution in [0.15, 0.2) is 0 Å². The minimum absolute atomic E-state index is 0.192. The first-order valence-corrected chi connectivity index (χ1v) is 6.77. The highest BCUT2D eigenvalue weighted by Crippen LogP contribution is 2.27. The van der Waals surface area contributed by atoms with E-state index in [1.54, 1.807) is 0 Å². The van der Waals surface area contributed by atoms with Gasteiger partial charge < -0.3 is 15.3 Å². The lowest BCUT2D eigenvalue weighted by Crippen LogP contribution is -2.52. The van der Waals surface area contributed by atoms with Crippen LogP contribution in [0.1, 0.15) is 39.0 Å². The molecule has 0 spiro atoms. The van der Waals surface area contributed by atoms with Crippen molar-refractivity contribution >= 4 is 11.9 Å². The molecule has 2 atom stereocenters. The van der Waals surface area contributed by atoms with Crippen molar-refractivity contribution in [2.24, 2.45) is 5.92 Å². The topological polar surface area (TPSA) is 69.6 Å². The maximum Gasteiger partial charge on any atom is 0.303 e. The molecule has 102 valence electrons. The molecule has 0 bridgehead atoms. The molecule has 0 radical (unpaired) electrons. The first-order valence-electron chi connectivity index (χ1n) is 6.77. The Hall–Kier alpha value is -1.10. The molecule has 5 heteroatoms. The maximum atomic E-state index is 12.4. The zero-order valence-corrected chi connectivity index (χ0v) is 10.9. The largest absolute Gasteiger partial charge is 0.481 e. The number of carboxylic acid groups (broad SMARTS) is 1. The van der Waals surface area contributed by atoms with Crippen LogP contribution in [0.4, 0.5) is 0 Å². The lowest BCUT2D eigenvalue weighted by Gasteiger charge is -2.29. The number of carboxylic acids is 1. The van der Waals surface area contributed by atoms with Gasteiger partial charge in [0, 0.05) is 19.5 Å². The van der Waals surface area contributed by atoms with Gasteiger partial charge in [0.25, 0.3) is 0 Å². The first kappa shape index (κ1) is 13.3. The summed E-state index contributed by atoms with van der Waals surface area (Å²) in [6.45, 7) is 4.40. The van der Waals surface area contributed by atoms with Crippen molar-refractivity contribution in [1.29, 1.82) is 0 Å². The van der Waals surface area contributed by atoms with Gasteiger partial charge in [0.1, 0.15) is 0 Å². The highest BCUT2D eigenvalue weighted by atomic mass is 16.4. The van der Waals surface area contributed by atoms with Gasteiger partial charge in [0.2, 0.25) is 5.91 Å². The average molecular weight is 254 g/mol. The summed E-state index contributed by atoms with van der Waals surface area (Å²) in [5, 5.41) is 12.0. The summed E-state index contributed by atoms with van der Waals surface area (Å²) in [4.78, 5) is 24.8. The van der Waals surface area contributed by atoms with E-state index in [1.165, 1.54) is 0 Å². The monoisotopic (exact) mass is 254 g/mol. The third-order valence-electron chi connectivity index (χ3n) is 4.18. The third kappa shape index (κ3) is 2.83. The molecular weight excluding hydrogens is 232 g/mol. The van der Waals surface area contributed by atoms with Crippen LogP contribution in [0.2, 0.25) is 0 Å². The molecule has 2 saturated heterocycles. The number of amides is 1. The lowest BCUT2D eigenvalue weighted by atomic mass is 9.98. The van der Waals surface area contributed by atoms with Crippen molar-refractivity contribution in [3.05, 3.63) is 0 Å². The van der Waals surface area contributed by atoms with E-state index in [-0.39, 0.29) is 17.9 Å². The lowest BCUT2D eigenvalue weighted by molar-refractivity contribution is -0.137. The van der Waals surface area contributed by atoms with Gasteiger partial charge in [-0.2, -0.15) is 0 Å². The molecule has 0 saturated carbocycles. The van der Waals surface area contributed by atoms with Crippen molar-refractivity contribution in [2.75, 3.05) is 19.6 Å². The Morgan fingerprint density at radius 2 is 2.28 bits per heavy atom. The van der Waals surface area contributed by atoms with Crippen molar-refractivity contribution in [3.8, 4) is 0 Å². The van der Waals surface area contributed by atoms with Crippen molar-refractivity contribution in [2.45, 2.75) is 44.6 Å². The van der Waals surface area contributed by atoms with E-state index in [1.807, 2.05) is 11.8 Å². The van der Waals surface area contributed by atoms with Gasteiger partial charge in [0.05, 0.1) is 5.54 Å². The van der Waals surface area contributed by atoms with E-state index in [2.05, 4.69) is 5.32 Å². The van der Waals surface area contributed by atoms with Crippen LogP contribution in [0.3, 0.4) is 0 Å². The Labute approximate surface area is 108 Å². The number of hydrogen-bond acceptors (Lipinski definition) is 3. The summed E-state index contributed by atoms with van der Waals surface area (Å²) in [6.07, 6.45) is 3.79. The van der Waals surface area contributed by atoms with Crippen molar-refractivity contribution in [3.63, 3.8) is 0 Å². The van der Waals surface area contributed by atoms with Crippen LogP contribution in [-0.4, -0.2) is 47.1 Å². The van der Waals surface area contributed by atoms with E-state index in [0.29, 0.717) is 12.3 Å². The SMILES string of the molecule is CC1(C(=O)N2CCC(CCC(=O)O)C2)CCCN1. The first-order chi connectivity index (χ1) is 8.51. The molecule has 0 aromatic carbocycles. The van der Waals surface area contributed by atoms with Crippen molar-refractivity contribution < 1.29 is 14.7 Å². The normalized spacial score (nSPS) is 31.8. The number of nitrogens with one attached hydrogen (secondary N) is 1. The summed E-state index contributed by atoms with van der Waals surface area (Å²) >= 11 is 0. The number of carbonyl (C=O) groups excluding carboxylic acids is 1. The summed E-state index contributed by atoms with van der Waals surface area (Å²) in [7, 11) is 0. The van der Waals surface area contributed by atoms with Gasteiger partial charge in [-0.25, -0.2) is 0 Å². The van der Waals surface area contributed by atoms with E-state index in [9.17, 15) is 9.59 Å². The van der Waals surface area contributed by atoms with Crippen LogP contribution < -0.4 is 5.32 Å². The molecule has 18 heavy (non-hydrogen) atoms. The molecule has 5 nitrogen and oxygen atoms in total. The summed E-state index contributed by atoms with van der Waals surface area (Å²) in [6, 6.07) is 0. The van der Waals surface area contributed by atoms with Gasteiger partial charge in [-0.15, -0.1) is 0 Å². The fourth-order valence-corrected chi connectivity index (χ4v) is 3.01. The maximum absolute atomic E-state index is 12.4. The molecule has 2 rings (SSSR count). The van der Waals surface area contributed by atoms with Crippen LogP contribution in [0, 0.1) is 5.92 Å². The standard InChI is InChI=1S/C13H22N2O3/c1-13(6-2-7-14-13)12(18)15-8-5-10(9-15)3-4-11(16)17/h10,14H,2-9H2,1H3,(H,16,17). The number of aliphatic carboxylic acids is 1. The second-order valence-electron chi connectivity index (χ2n) is 5.70. The fraction of sp³-hybridized carbons (Fsp3) is 0.846. The number of nitrogens with zero attached hydrogens (tertiary/aromatic N) is 1. The third-order valence-corrected chi connectivity index (χ3v) is 4.18. The predicted molar refractivity (Wildman–Crippen MR) is 67.2 cm³/mol. The van der Waals surface area contributed by atoms with Crippen LogP contribution in [0.25, 0.3) is 0 Å². The molecule has 0 aliphatic carbocycles. The Morgan fingerprint density at radius 1 is 1.50 bits per heavy atom. The second-order valence-corrected chi connectivity index (χ2v) is 5.70. The van der Waals surface area contributed by atoms with Gasteiger partial charge in [0.15, 0.2) is 0 Å². The van der Waals surface area contributed by atoms with Crippen LogP contribution in [0.5, 0.6) is 0 Å². The second kappa shape index (κ2) is 5.26. The highest BCUT2D eigenvalue weighted by Gasteiger charge is 2.40. The van der Waals surface area contributed by atoms with Gasteiger partial charge >= 0.3 is 5.97 Å². The molecule has 2 aliphatic rings. The zero-order chi connectivity index (χ0) is 13.2. The highest BCUT2D eigenvalue weighted by molar-refractivity contribution is 5.86. The Bertz CT molecular complexity index is 337. The van der Waals surface area contributed by atoms with Gasteiger partial charge in [-0.1, -0.05) is 0 Å². The minimum atomic E-state index is -0.746. The zero-order valence-electron chi connectivity index (χ0n) is 10.9. The molecule has 0 aromatic heterocycles. The molecule has 2 heterocycles. The fourth-order valence-electron chi connectivity index (χ4n) is 3.01. The number of rotatable bonds is 4. The quantitative estimate of drug-likeness (QED) is 0.780. The van der Waals surface area contributed by atoms with Gasteiger partial charge in [-0.05, 0) is 45.1 Å². The number of hydrogen-bond donors (Lipinski definition) is 2. The molecule has 2 N–H and O–H groups in total. The van der Waals surface area contributed by atoms with Crippen LogP contribution >= 0.6 is 0 Å². The molecule has 1 amide bonds. The smallest absolute Gasteiger partial charge is 0.303 e. The van der Waals surface area contributed by atoms with Gasteiger partial charge in [-0.3, -0.25) is 9.59 Å². The summed E-state index contributed by atoms with van der Waals surface area (Å²) in [5.74, 6) is -0.197. The summed E-state index contributed by atoms with van der Waals surface area (Å²) < 4.78 is 0.